The number of rotatable bonds is 6. The lowest BCUT2D eigenvalue weighted by molar-refractivity contribution is -0.354. The zero-order chi connectivity index (χ0) is 9.61. The van der Waals surface area contributed by atoms with Gasteiger partial charge in [-0.25, -0.2) is 9.78 Å². The van der Waals surface area contributed by atoms with Crippen molar-refractivity contribution in [1.29, 1.82) is 0 Å². The summed E-state index contributed by atoms with van der Waals surface area (Å²) in [6.07, 6.45) is 1.19. The van der Waals surface area contributed by atoms with Gasteiger partial charge >= 0.3 is 0 Å². The zero-order valence-corrected chi connectivity index (χ0v) is 8.46. The SMILES string of the molecule is CCC(C)(C)OOCCC(C)O. The van der Waals surface area contributed by atoms with Gasteiger partial charge in [0.2, 0.25) is 0 Å². The van der Waals surface area contributed by atoms with Crippen LogP contribution >= 0.6 is 0 Å². The largest absolute Gasteiger partial charge is 0.393 e. The molecule has 0 bridgehead atoms. The maximum Gasteiger partial charge on any atom is 0.0977 e. The van der Waals surface area contributed by atoms with E-state index in [4.69, 9.17) is 14.9 Å². The molecular weight excluding hydrogens is 156 g/mol. The van der Waals surface area contributed by atoms with Gasteiger partial charge in [-0.1, -0.05) is 6.92 Å². The molecule has 0 aromatic heterocycles. The fourth-order valence-corrected chi connectivity index (χ4v) is 0.479. The van der Waals surface area contributed by atoms with E-state index in [1.54, 1.807) is 6.92 Å². The van der Waals surface area contributed by atoms with Crippen molar-refractivity contribution in [3.8, 4) is 0 Å². The second-order valence-corrected chi connectivity index (χ2v) is 3.66. The van der Waals surface area contributed by atoms with E-state index in [9.17, 15) is 0 Å². The van der Waals surface area contributed by atoms with Crippen molar-refractivity contribution in [3.05, 3.63) is 0 Å². The van der Waals surface area contributed by atoms with E-state index < -0.39 is 0 Å². The average Bonchev–Trinajstić information content (AvgIpc) is 1.98. The summed E-state index contributed by atoms with van der Waals surface area (Å²) in [5, 5.41) is 8.90. The topological polar surface area (TPSA) is 38.7 Å². The smallest absolute Gasteiger partial charge is 0.0977 e. The molecule has 12 heavy (non-hydrogen) atoms. The lowest BCUT2D eigenvalue weighted by atomic mass is 10.1. The van der Waals surface area contributed by atoms with Gasteiger partial charge in [-0.05, 0) is 33.6 Å². The van der Waals surface area contributed by atoms with Gasteiger partial charge in [-0.2, -0.15) is 0 Å². The van der Waals surface area contributed by atoms with Crippen LogP contribution in [-0.2, 0) is 9.78 Å². The van der Waals surface area contributed by atoms with Crippen molar-refractivity contribution in [1.82, 2.24) is 0 Å². The maximum atomic E-state index is 8.90. The summed E-state index contributed by atoms with van der Waals surface area (Å²) >= 11 is 0. The van der Waals surface area contributed by atoms with Gasteiger partial charge in [0.1, 0.15) is 0 Å². The Labute approximate surface area is 74.6 Å². The Morgan fingerprint density at radius 3 is 2.42 bits per heavy atom. The lowest BCUT2D eigenvalue weighted by Crippen LogP contribution is -2.24. The molecule has 3 heteroatoms. The lowest BCUT2D eigenvalue weighted by Gasteiger charge is -2.21. The molecule has 0 amide bonds. The van der Waals surface area contributed by atoms with Crippen LogP contribution in [0.1, 0.15) is 40.5 Å². The first-order valence-corrected chi connectivity index (χ1v) is 4.46. The van der Waals surface area contributed by atoms with E-state index in [2.05, 4.69) is 0 Å². The molecule has 1 atom stereocenters. The minimum Gasteiger partial charge on any atom is -0.393 e. The Hall–Kier alpha value is -0.120. The van der Waals surface area contributed by atoms with Gasteiger partial charge < -0.3 is 5.11 Å². The highest BCUT2D eigenvalue weighted by Gasteiger charge is 2.16. The van der Waals surface area contributed by atoms with Gasteiger partial charge in [-0.3, -0.25) is 0 Å². The quantitative estimate of drug-likeness (QED) is 0.381. The van der Waals surface area contributed by atoms with E-state index in [0.717, 1.165) is 6.42 Å². The first-order chi connectivity index (χ1) is 5.48. The molecule has 0 heterocycles. The predicted octanol–water partition coefficient (Wildman–Crippen LogP) is 1.89. The molecule has 0 aliphatic rings. The van der Waals surface area contributed by atoms with Crippen molar-refractivity contribution in [2.24, 2.45) is 0 Å². The minimum atomic E-state index is -0.321. The highest BCUT2D eigenvalue weighted by molar-refractivity contribution is 4.61. The summed E-state index contributed by atoms with van der Waals surface area (Å²) in [7, 11) is 0. The molecule has 3 nitrogen and oxygen atoms in total. The Morgan fingerprint density at radius 2 is 2.00 bits per heavy atom. The second kappa shape index (κ2) is 5.51. The van der Waals surface area contributed by atoms with Crippen LogP contribution < -0.4 is 0 Å². The van der Waals surface area contributed by atoms with Gasteiger partial charge in [0.15, 0.2) is 0 Å². The highest BCUT2D eigenvalue weighted by atomic mass is 17.2. The third kappa shape index (κ3) is 6.58. The molecule has 0 spiro atoms. The summed E-state index contributed by atoms with van der Waals surface area (Å²) in [6, 6.07) is 0. The molecule has 0 aromatic carbocycles. The Balaban J connectivity index is 3.31. The predicted molar refractivity (Wildman–Crippen MR) is 47.7 cm³/mol. The first kappa shape index (κ1) is 11.9. The molecule has 0 radical (unpaired) electrons. The summed E-state index contributed by atoms with van der Waals surface area (Å²) in [6.45, 7) is 8.15. The molecular formula is C9H20O3. The molecule has 0 saturated heterocycles. The van der Waals surface area contributed by atoms with Crippen LogP contribution in [0.25, 0.3) is 0 Å². The van der Waals surface area contributed by atoms with E-state index in [-0.39, 0.29) is 11.7 Å². The monoisotopic (exact) mass is 176 g/mol. The average molecular weight is 176 g/mol. The summed E-state index contributed by atoms with van der Waals surface area (Å²) in [5.41, 5.74) is -0.224. The molecule has 74 valence electrons. The van der Waals surface area contributed by atoms with Crippen molar-refractivity contribution in [2.45, 2.75) is 52.2 Å². The summed E-state index contributed by atoms with van der Waals surface area (Å²) in [5.74, 6) is 0. The van der Waals surface area contributed by atoms with E-state index >= 15 is 0 Å². The Bertz CT molecular complexity index is 110. The van der Waals surface area contributed by atoms with Crippen LogP contribution in [0.15, 0.2) is 0 Å². The summed E-state index contributed by atoms with van der Waals surface area (Å²) < 4.78 is 0. The number of hydrogen-bond acceptors (Lipinski definition) is 3. The molecule has 0 rings (SSSR count). The van der Waals surface area contributed by atoms with Crippen LogP contribution in [0.2, 0.25) is 0 Å². The van der Waals surface area contributed by atoms with Crippen LogP contribution in [0.3, 0.4) is 0 Å². The molecule has 1 N–H and O–H groups in total. The van der Waals surface area contributed by atoms with Gasteiger partial charge in [0.05, 0.1) is 18.3 Å². The second-order valence-electron chi connectivity index (χ2n) is 3.66. The molecule has 1 unspecified atom stereocenters. The molecule has 0 fully saturated rings. The van der Waals surface area contributed by atoms with Crippen molar-refractivity contribution < 1.29 is 14.9 Å². The third-order valence-electron chi connectivity index (χ3n) is 1.75. The number of aliphatic hydroxyl groups excluding tert-OH is 1. The van der Waals surface area contributed by atoms with Gasteiger partial charge in [-0.15, -0.1) is 0 Å². The Morgan fingerprint density at radius 1 is 1.42 bits per heavy atom. The number of aliphatic hydroxyl groups is 1. The fraction of sp³-hybridized carbons (Fsp3) is 1.00. The molecule has 0 aliphatic carbocycles. The van der Waals surface area contributed by atoms with Crippen LogP contribution in [0.4, 0.5) is 0 Å². The molecule has 0 aliphatic heterocycles. The van der Waals surface area contributed by atoms with Crippen LogP contribution in [0, 0.1) is 0 Å². The van der Waals surface area contributed by atoms with Crippen molar-refractivity contribution in [3.63, 3.8) is 0 Å². The molecule has 0 aromatic rings. The summed E-state index contributed by atoms with van der Waals surface area (Å²) in [4.78, 5) is 10.1. The first-order valence-electron chi connectivity index (χ1n) is 4.46. The van der Waals surface area contributed by atoms with Gasteiger partial charge in [0, 0.05) is 0 Å². The van der Waals surface area contributed by atoms with E-state index in [0.29, 0.717) is 13.0 Å². The van der Waals surface area contributed by atoms with Crippen LogP contribution in [0.5, 0.6) is 0 Å². The third-order valence-corrected chi connectivity index (χ3v) is 1.75. The molecule has 0 saturated carbocycles. The van der Waals surface area contributed by atoms with E-state index in [1.807, 2.05) is 20.8 Å². The fourth-order valence-electron chi connectivity index (χ4n) is 0.479. The van der Waals surface area contributed by atoms with Gasteiger partial charge in [0.25, 0.3) is 0 Å². The van der Waals surface area contributed by atoms with Crippen molar-refractivity contribution >= 4 is 0 Å². The van der Waals surface area contributed by atoms with E-state index in [1.165, 1.54) is 0 Å². The van der Waals surface area contributed by atoms with Crippen molar-refractivity contribution in [2.75, 3.05) is 6.61 Å². The zero-order valence-electron chi connectivity index (χ0n) is 8.46. The normalized spacial score (nSPS) is 14.8. The maximum absolute atomic E-state index is 8.90. The number of hydrogen-bond donors (Lipinski definition) is 1. The Kier molecular flexibility index (Phi) is 5.46. The minimum absolute atomic E-state index is 0.224. The standard InChI is InChI=1S/C9H20O3/c1-5-9(3,4)12-11-7-6-8(2)10/h8,10H,5-7H2,1-4H3. The highest BCUT2D eigenvalue weighted by Crippen LogP contribution is 2.13. The van der Waals surface area contributed by atoms with Crippen LogP contribution in [-0.4, -0.2) is 23.4 Å².